The second kappa shape index (κ2) is 9.97. The summed E-state index contributed by atoms with van der Waals surface area (Å²) < 4.78 is 5.80. The van der Waals surface area contributed by atoms with Gasteiger partial charge < -0.3 is 4.74 Å². The third-order valence-corrected chi connectivity index (χ3v) is 5.10. The Morgan fingerprint density at radius 1 is 0.800 bits per heavy atom. The number of hydrogen-bond acceptors (Lipinski definition) is 2. The van der Waals surface area contributed by atoms with Crippen LogP contribution in [0.3, 0.4) is 0 Å². The Balaban J connectivity index is 4.97. The average Bonchev–Trinajstić information content (AvgIpc) is 2.33. The second-order valence-corrected chi connectivity index (χ2v) is 11.2. The van der Waals surface area contributed by atoms with E-state index in [1.165, 1.54) is 6.42 Å². The Bertz CT molecular complexity index is 384. The maximum Gasteiger partial charge on any atom is 0.309 e. The SMILES string of the molecule is CC(CCC(C(=O)OC(C)C(C)C)C(C)CC(C)(C)C)CC(C)(C)C. The van der Waals surface area contributed by atoms with Crippen molar-refractivity contribution in [2.45, 2.75) is 108 Å². The van der Waals surface area contributed by atoms with Crippen molar-refractivity contribution in [3.8, 4) is 0 Å². The van der Waals surface area contributed by atoms with Gasteiger partial charge in [0.2, 0.25) is 0 Å². The highest BCUT2D eigenvalue weighted by Crippen LogP contribution is 2.34. The molecule has 0 N–H and O–H groups in total. The monoisotopic (exact) mass is 354 g/mol. The van der Waals surface area contributed by atoms with Gasteiger partial charge in [0.25, 0.3) is 0 Å². The van der Waals surface area contributed by atoms with Gasteiger partial charge in [-0.25, -0.2) is 0 Å². The van der Waals surface area contributed by atoms with Gasteiger partial charge in [0.05, 0.1) is 5.92 Å². The van der Waals surface area contributed by atoms with Crippen LogP contribution in [0.15, 0.2) is 0 Å². The van der Waals surface area contributed by atoms with E-state index in [2.05, 4.69) is 69.2 Å². The lowest BCUT2D eigenvalue weighted by Gasteiger charge is -2.31. The lowest BCUT2D eigenvalue weighted by Crippen LogP contribution is -2.31. The Morgan fingerprint density at radius 2 is 1.28 bits per heavy atom. The first-order valence-electron chi connectivity index (χ1n) is 10.3. The van der Waals surface area contributed by atoms with E-state index in [0.717, 1.165) is 19.3 Å². The van der Waals surface area contributed by atoms with E-state index in [9.17, 15) is 4.79 Å². The van der Waals surface area contributed by atoms with Crippen LogP contribution >= 0.6 is 0 Å². The van der Waals surface area contributed by atoms with Gasteiger partial charge in [-0.15, -0.1) is 0 Å². The smallest absolute Gasteiger partial charge is 0.309 e. The van der Waals surface area contributed by atoms with E-state index in [0.29, 0.717) is 23.2 Å². The van der Waals surface area contributed by atoms with Crippen LogP contribution in [0.4, 0.5) is 0 Å². The fraction of sp³-hybridized carbons (Fsp3) is 0.957. The van der Waals surface area contributed by atoms with Crippen molar-refractivity contribution in [2.24, 2.45) is 34.5 Å². The predicted octanol–water partition coefficient (Wildman–Crippen LogP) is 7.12. The van der Waals surface area contributed by atoms with Gasteiger partial charge in [0.1, 0.15) is 6.10 Å². The molecule has 0 aromatic heterocycles. The number of hydrogen-bond donors (Lipinski definition) is 0. The molecule has 0 bridgehead atoms. The van der Waals surface area contributed by atoms with E-state index in [1.54, 1.807) is 0 Å². The summed E-state index contributed by atoms with van der Waals surface area (Å²) in [7, 11) is 0. The second-order valence-electron chi connectivity index (χ2n) is 11.2. The maximum absolute atomic E-state index is 12.9. The number of carbonyl (C=O) groups is 1. The molecule has 4 unspecified atom stereocenters. The number of esters is 1. The molecule has 2 nitrogen and oxygen atoms in total. The van der Waals surface area contributed by atoms with Crippen molar-refractivity contribution in [1.82, 2.24) is 0 Å². The van der Waals surface area contributed by atoms with Crippen LogP contribution in [-0.2, 0) is 9.53 Å². The molecule has 150 valence electrons. The van der Waals surface area contributed by atoms with Crippen molar-refractivity contribution in [1.29, 1.82) is 0 Å². The zero-order valence-corrected chi connectivity index (χ0v) is 19.0. The van der Waals surface area contributed by atoms with Crippen LogP contribution in [0.5, 0.6) is 0 Å². The minimum Gasteiger partial charge on any atom is -0.462 e. The van der Waals surface area contributed by atoms with Crippen molar-refractivity contribution >= 4 is 5.97 Å². The summed E-state index contributed by atoms with van der Waals surface area (Å²) in [5.41, 5.74) is 0.581. The van der Waals surface area contributed by atoms with Crippen LogP contribution in [0.25, 0.3) is 0 Å². The van der Waals surface area contributed by atoms with Crippen LogP contribution < -0.4 is 0 Å². The van der Waals surface area contributed by atoms with E-state index in [-0.39, 0.29) is 23.4 Å². The molecule has 0 aliphatic heterocycles. The topological polar surface area (TPSA) is 26.3 Å². The highest BCUT2D eigenvalue weighted by atomic mass is 16.5. The molecule has 0 saturated heterocycles. The normalized spacial score (nSPS) is 17.9. The molecule has 0 aromatic carbocycles. The third kappa shape index (κ3) is 11.7. The predicted molar refractivity (Wildman–Crippen MR) is 110 cm³/mol. The zero-order chi connectivity index (χ0) is 20.0. The van der Waals surface area contributed by atoms with Crippen LogP contribution in [0, 0.1) is 34.5 Å². The summed E-state index contributed by atoms with van der Waals surface area (Å²) in [6.07, 6.45) is 4.28. The van der Waals surface area contributed by atoms with Gasteiger partial charge in [-0.05, 0) is 61.2 Å². The molecule has 0 spiro atoms. The number of ether oxygens (including phenoxy) is 1. The summed E-state index contributed by atoms with van der Waals surface area (Å²) in [6, 6.07) is 0. The Morgan fingerprint density at radius 3 is 1.68 bits per heavy atom. The Labute approximate surface area is 158 Å². The van der Waals surface area contributed by atoms with Crippen LogP contribution in [0.1, 0.15) is 102 Å². The lowest BCUT2D eigenvalue weighted by atomic mass is 9.76. The number of carbonyl (C=O) groups excluding carboxylic acids is 1. The molecule has 0 rings (SSSR count). The summed E-state index contributed by atoms with van der Waals surface area (Å²) in [6.45, 7) is 24.4. The quantitative estimate of drug-likeness (QED) is 0.412. The summed E-state index contributed by atoms with van der Waals surface area (Å²) in [5, 5.41) is 0. The maximum atomic E-state index is 12.9. The van der Waals surface area contributed by atoms with E-state index in [4.69, 9.17) is 4.74 Å². The van der Waals surface area contributed by atoms with Crippen LogP contribution in [0.2, 0.25) is 0 Å². The molecular formula is C23H46O2. The van der Waals surface area contributed by atoms with Crippen molar-refractivity contribution in [2.75, 3.05) is 0 Å². The zero-order valence-electron chi connectivity index (χ0n) is 19.0. The fourth-order valence-corrected chi connectivity index (χ4v) is 3.76. The fourth-order valence-electron chi connectivity index (χ4n) is 3.76. The van der Waals surface area contributed by atoms with Gasteiger partial charge in [-0.2, -0.15) is 0 Å². The molecule has 0 fully saturated rings. The van der Waals surface area contributed by atoms with Crippen molar-refractivity contribution in [3.05, 3.63) is 0 Å². The Kier molecular flexibility index (Phi) is 9.76. The summed E-state index contributed by atoms with van der Waals surface area (Å²) in [4.78, 5) is 12.9. The van der Waals surface area contributed by atoms with E-state index >= 15 is 0 Å². The van der Waals surface area contributed by atoms with Crippen molar-refractivity contribution in [3.63, 3.8) is 0 Å². The van der Waals surface area contributed by atoms with E-state index < -0.39 is 0 Å². The highest BCUT2D eigenvalue weighted by molar-refractivity contribution is 5.73. The van der Waals surface area contributed by atoms with Gasteiger partial charge >= 0.3 is 5.97 Å². The Hall–Kier alpha value is -0.530. The highest BCUT2D eigenvalue weighted by Gasteiger charge is 2.31. The first kappa shape index (κ1) is 24.5. The van der Waals surface area contributed by atoms with Crippen LogP contribution in [-0.4, -0.2) is 12.1 Å². The molecule has 4 atom stereocenters. The molecule has 0 aliphatic rings. The molecule has 0 heterocycles. The third-order valence-electron chi connectivity index (χ3n) is 5.10. The summed E-state index contributed by atoms with van der Waals surface area (Å²) in [5.74, 6) is 1.39. The number of rotatable bonds is 9. The lowest BCUT2D eigenvalue weighted by molar-refractivity contribution is -0.158. The molecule has 2 heteroatoms. The first-order valence-corrected chi connectivity index (χ1v) is 10.3. The standard InChI is InChI=1S/C23H46O2/c1-16(2)19(5)25-21(24)20(18(4)15-23(9,10)11)13-12-17(3)14-22(6,7)8/h16-20H,12-15H2,1-11H3. The van der Waals surface area contributed by atoms with Gasteiger partial charge in [0.15, 0.2) is 0 Å². The average molecular weight is 355 g/mol. The summed E-state index contributed by atoms with van der Waals surface area (Å²) >= 11 is 0. The molecule has 0 radical (unpaired) electrons. The van der Waals surface area contributed by atoms with E-state index in [1.807, 2.05) is 6.92 Å². The molecule has 25 heavy (non-hydrogen) atoms. The first-order chi connectivity index (χ1) is 11.1. The molecule has 0 aromatic rings. The van der Waals surface area contributed by atoms with Gasteiger partial charge in [0, 0.05) is 0 Å². The largest absolute Gasteiger partial charge is 0.462 e. The molecule has 0 amide bonds. The van der Waals surface area contributed by atoms with Gasteiger partial charge in [-0.1, -0.05) is 69.2 Å². The minimum absolute atomic E-state index is 0.0103. The molecular weight excluding hydrogens is 308 g/mol. The van der Waals surface area contributed by atoms with Gasteiger partial charge in [-0.3, -0.25) is 4.79 Å². The minimum atomic E-state index is -0.0103. The van der Waals surface area contributed by atoms with Crippen molar-refractivity contribution < 1.29 is 9.53 Å². The molecule has 0 aliphatic carbocycles. The molecule has 0 saturated carbocycles.